The van der Waals surface area contributed by atoms with Gasteiger partial charge in [-0.2, -0.15) is 5.10 Å². The fourth-order valence-electron chi connectivity index (χ4n) is 2.92. The van der Waals surface area contributed by atoms with Crippen LogP contribution in [0.4, 0.5) is 5.69 Å². The summed E-state index contributed by atoms with van der Waals surface area (Å²) in [6.07, 6.45) is 3.83. The SMILES string of the molecule is Cc1nn(C)c(OC2CC(C)CC(C)C2)c1N. The minimum absolute atomic E-state index is 0.283. The van der Waals surface area contributed by atoms with E-state index in [-0.39, 0.29) is 6.10 Å². The first-order valence-electron chi connectivity index (χ1n) is 6.43. The Hall–Kier alpha value is -1.19. The van der Waals surface area contributed by atoms with E-state index in [1.54, 1.807) is 4.68 Å². The molecule has 0 spiro atoms. The van der Waals surface area contributed by atoms with Gasteiger partial charge in [-0.15, -0.1) is 0 Å². The van der Waals surface area contributed by atoms with Crippen LogP contribution in [0.3, 0.4) is 0 Å². The minimum atomic E-state index is 0.283. The van der Waals surface area contributed by atoms with Gasteiger partial charge in [-0.1, -0.05) is 13.8 Å². The van der Waals surface area contributed by atoms with Gasteiger partial charge in [0.2, 0.25) is 5.88 Å². The molecule has 1 saturated carbocycles. The van der Waals surface area contributed by atoms with Crippen molar-refractivity contribution in [2.24, 2.45) is 18.9 Å². The zero-order valence-corrected chi connectivity index (χ0v) is 11.2. The number of anilines is 1. The van der Waals surface area contributed by atoms with E-state index in [0.29, 0.717) is 5.69 Å². The molecule has 4 nitrogen and oxygen atoms in total. The second-order valence-electron chi connectivity index (χ2n) is 5.59. The van der Waals surface area contributed by atoms with Gasteiger partial charge in [0.25, 0.3) is 0 Å². The lowest BCUT2D eigenvalue weighted by molar-refractivity contribution is 0.0932. The molecule has 1 aromatic rings. The molecule has 96 valence electrons. The Morgan fingerprint density at radius 2 is 1.82 bits per heavy atom. The van der Waals surface area contributed by atoms with Crippen LogP contribution in [0.1, 0.15) is 38.8 Å². The summed E-state index contributed by atoms with van der Waals surface area (Å²) in [5, 5.41) is 4.28. The second-order valence-corrected chi connectivity index (χ2v) is 5.59. The highest BCUT2D eigenvalue weighted by Gasteiger charge is 2.27. The molecule has 1 aliphatic rings. The van der Waals surface area contributed by atoms with Crippen molar-refractivity contribution in [1.29, 1.82) is 0 Å². The van der Waals surface area contributed by atoms with Crippen LogP contribution >= 0.6 is 0 Å². The highest BCUT2D eigenvalue weighted by Crippen LogP contribution is 2.33. The summed E-state index contributed by atoms with van der Waals surface area (Å²) in [7, 11) is 1.88. The highest BCUT2D eigenvalue weighted by atomic mass is 16.5. The third-order valence-corrected chi connectivity index (χ3v) is 3.63. The number of rotatable bonds is 2. The van der Waals surface area contributed by atoms with Crippen LogP contribution in [0.15, 0.2) is 0 Å². The van der Waals surface area contributed by atoms with E-state index in [1.165, 1.54) is 6.42 Å². The van der Waals surface area contributed by atoms with E-state index in [1.807, 2.05) is 14.0 Å². The normalized spacial score (nSPS) is 29.3. The first-order valence-corrected chi connectivity index (χ1v) is 6.43. The van der Waals surface area contributed by atoms with Crippen LogP contribution in [0.25, 0.3) is 0 Å². The van der Waals surface area contributed by atoms with Crippen molar-refractivity contribution in [2.75, 3.05) is 5.73 Å². The van der Waals surface area contributed by atoms with Gasteiger partial charge in [-0.25, -0.2) is 4.68 Å². The summed E-state index contributed by atoms with van der Waals surface area (Å²) in [6.45, 7) is 6.50. The average Bonchev–Trinajstić information content (AvgIpc) is 2.44. The van der Waals surface area contributed by atoms with E-state index in [0.717, 1.165) is 36.3 Å². The van der Waals surface area contributed by atoms with E-state index in [9.17, 15) is 0 Å². The van der Waals surface area contributed by atoms with E-state index in [4.69, 9.17) is 10.5 Å². The molecule has 1 heterocycles. The van der Waals surface area contributed by atoms with Crippen LogP contribution in [0.5, 0.6) is 5.88 Å². The summed E-state index contributed by atoms with van der Waals surface area (Å²) < 4.78 is 7.80. The summed E-state index contributed by atoms with van der Waals surface area (Å²) in [5.41, 5.74) is 7.51. The van der Waals surface area contributed by atoms with Gasteiger partial charge >= 0.3 is 0 Å². The highest BCUT2D eigenvalue weighted by molar-refractivity contribution is 5.52. The molecule has 2 rings (SSSR count). The number of ether oxygens (including phenoxy) is 1. The lowest BCUT2D eigenvalue weighted by atomic mass is 9.82. The molecule has 0 radical (unpaired) electrons. The van der Waals surface area contributed by atoms with Crippen molar-refractivity contribution in [1.82, 2.24) is 9.78 Å². The van der Waals surface area contributed by atoms with E-state index < -0.39 is 0 Å². The zero-order chi connectivity index (χ0) is 12.6. The number of hydrogen-bond donors (Lipinski definition) is 1. The fourth-order valence-corrected chi connectivity index (χ4v) is 2.92. The Kier molecular flexibility index (Phi) is 3.31. The minimum Gasteiger partial charge on any atom is -0.473 e. The summed E-state index contributed by atoms with van der Waals surface area (Å²) in [6, 6.07) is 0. The summed E-state index contributed by atoms with van der Waals surface area (Å²) >= 11 is 0. The first-order chi connectivity index (χ1) is 7.97. The van der Waals surface area contributed by atoms with Crippen molar-refractivity contribution in [3.63, 3.8) is 0 Å². The first kappa shape index (κ1) is 12.3. The van der Waals surface area contributed by atoms with Crippen molar-refractivity contribution >= 4 is 5.69 Å². The Bertz CT molecular complexity index is 390. The van der Waals surface area contributed by atoms with E-state index in [2.05, 4.69) is 18.9 Å². The monoisotopic (exact) mass is 237 g/mol. The average molecular weight is 237 g/mol. The number of nitrogens with zero attached hydrogens (tertiary/aromatic N) is 2. The maximum atomic E-state index is 6.05. The molecule has 1 fully saturated rings. The molecule has 0 aromatic carbocycles. The van der Waals surface area contributed by atoms with Crippen LogP contribution in [0, 0.1) is 18.8 Å². The summed E-state index contributed by atoms with van der Waals surface area (Å²) in [5.74, 6) is 2.20. The van der Waals surface area contributed by atoms with Gasteiger partial charge in [0.1, 0.15) is 11.8 Å². The Balaban J connectivity index is 2.10. The quantitative estimate of drug-likeness (QED) is 0.860. The molecule has 2 N–H and O–H groups in total. The van der Waals surface area contributed by atoms with Crippen molar-refractivity contribution < 1.29 is 4.74 Å². The van der Waals surface area contributed by atoms with Gasteiger partial charge < -0.3 is 10.5 Å². The molecule has 0 aliphatic heterocycles. The smallest absolute Gasteiger partial charge is 0.236 e. The number of aryl methyl sites for hydroxylation is 2. The predicted molar refractivity (Wildman–Crippen MR) is 69.0 cm³/mol. The molecule has 1 aliphatic carbocycles. The predicted octanol–water partition coefficient (Wildman–Crippen LogP) is 2.51. The topological polar surface area (TPSA) is 53.1 Å². The molecule has 2 unspecified atom stereocenters. The number of nitrogens with two attached hydrogens (primary N) is 1. The molecular formula is C13H23N3O. The molecular weight excluding hydrogens is 214 g/mol. The third kappa shape index (κ3) is 2.56. The molecule has 0 saturated heterocycles. The largest absolute Gasteiger partial charge is 0.473 e. The van der Waals surface area contributed by atoms with Crippen LogP contribution < -0.4 is 10.5 Å². The van der Waals surface area contributed by atoms with Gasteiger partial charge in [0.15, 0.2) is 0 Å². The number of aromatic nitrogens is 2. The molecule has 1 aromatic heterocycles. The molecule has 2 atom stereocenters. The Labute approximate surface area is 103 Å². The molecule has 17 heavy (non-hydrogen) atoms. The van der Waals surface area contributed by atoms with Gasteiger partial charge in [0.05, 0.1) is 5.69 Å². The maximum Gasteiger partial charge on any atom is 0.236 e. The fraction of sp³-hybridized carbons (Fsp3) is 0.769. The molecule has 0 amide bonds. The van der Waals surface area contributed by atoms with E-state index >= 15 is 0 Å². The van der Waals surface area contributed by atoms with Gasteiger partial charge in [0, 0.05) is 7.05 Å². The third-order valence-electron chi connectivity index (χ3n) is 3.63. The van der Waals surface area contributed by atoms with Crippen molar-refractivity contribution in [3.8, 4) is 5.88 Å². The van der Waals surface area contributed by atoms with Crippen molar-refractivity contribution in [3.05, 3.63) is 5.69 Å². The van der Waals surface area contributed by atoms with Crippen molar-refractivity contribution in [2.45, 2.75) is 46.1 Å². The van der Waals surface area contributed by atoms with Gasteiger partial charge in [-0.05, 0) is 38.0 Å². The Morgan fingerprint density at radius 1 is 1.24 bits per heavy atom. The summed E-state index contributed by atoms with van der Waals surface area (Å²) in [4.78, 5) is 0. The van der Waals surface area contributed by atoms with Crippen LogP contribution in [0.2, 0.25) is 0 Å². The number of hydrogen-bond acceptors (Lipinski definition) is 3. The number of nitrogen functional groups attached to an aromatic ring is 1. The van der Waals surface area contributed by atoms with Gasteiger partial charge in [-0.3, -0.25) is 0 Å². The second kappa shape index (κ2) is 4.59. The Morgan fingerprint density at radius 3 is 2.29 bits per heavy atom. The van der Waals surface area contributed by atoms with Crippen LogP contribution in [-0.4, -0.2) is 15.9 Å². The molecule has 4 heteroatoms. The zero-order valence-electron chi connectivity index (χ0n) is 11.2. The lowest BCUT2D eigenvalue weighted by Gasteiger charge is -2.31. The molecule has 0 bridgehead atoms. The lowest BCUT2D eigenvalue weighted by Crippen LogP contribution is -2.29. The standard InChI is InChI=1S/C13H23N3O/c1-8-5-9(2)7-11(6-8)17-13-12(14)10(3)15-16(13)4/h8-9,11H,5-7,14H2,1-4H3. The maximum absolute atomic E-state index is 6.05. The van der Waals surface area contributed by atoms with Crippen LogP contribution in [-0.2, 0) is 7.05 Å².